The maximum atomic E-state index is 8.80. The zero-order valence-corrected chi connectivity index (χ0v) is 6.70. The lowest BCUT2D eigenvalue weighted by atomic mass is 10.1. The SMILES string of the molecule is N#CC1(Cn2ccc(N)n2)CC1. The lowest BCUT2D eigenvalue weighted by Gasteiger charge is -2.04. The quantitative estimate of drug-likeness (QED) is 0.698. The van der Waals surface area contributed by atoms with Crippen molar-refractivity contribution < 1.29 is 0 Å². The molecule has 2 rings (SSSR count). The van der Waals surface area contributed by atoms with Crippen molar-refractivity contribution in [3.05, 3.63) is 12.3 Å². The van der Waals surface area contributed by atoms with Crippen LogP contribution in [-0.4, -0.2) is 9.78 Å². The Morgan fingerprint density at radius 2 is 2.50 bits per heavy atom. The summed E-state index contributed by atoms with van der Waals surface area (Å²) in [6, 6.07) is 4.05. The van der Waals surface area contributed by atoms with Gasteiger partial charge in [-0.3, -0.25) is 4.68 Å². The standard InChI is InChI=1S/C8H10N4/c9-5-8(2-3-8)6-12-4-1-7(10)11-12/h1,4H,2-3,6H2,(H2,10,11). The molecule has 0 amide bonds. The van der Waals surface area contributed by atoms with Crippen molar-refractivity contribution in [3.63, 3.8) is 0 Å². The summed E-state index contributed by atoms with van der Waals surface area (Å²) in [5, 5.41) is 12.8. The number of hydrogen-bond acceptors (Lipinski definition) is 3. The van der Waals surface area contributed by atoms with Gasteiger partial charge in [-0.05, 0) is 18.9 Å². The largest absolute Gasteiger partial charge is 0.382 e. The Morgan fingerprint density at radius 3 is 2.92 bits per heavy atom. The molecule has 1 aliphatic rings. The molecule has 0 bridgehead atoms. The van der Waals surface area contributed by atoms with Crippen LogP contribution in [0.3, 0.4) is 0 Å². The number of nitrogen functional groups attached to an aromatic ring is 1. The van der Waals surface area contributed by atoms with Gasteiger partial charge < -0.3 is 5.73 Å². The Labute approximate surface area is 70.6 Å². The maximum Gasteiger partial charge on any atom is 0.145 e. The molecule has 1 aliphatic carbocycles. The first-order chi connectivity index (χ1) is 5.74. The van der Waals surface area contributed by atoms with Crippen LogP contribution in [0.5, 0.6) is 0 Å². The van der Waals surface area contributed by atoms with Gasteiger partial charge in [0.2, 0.25) is 0 Å². The maximum absolute atomic E-state index is 8.80. The number of hydrogen-bond donors (Lipinski definition) is 1. The Morgan fingerprint density at radius 1 is 1.75 bits per heavy atom. The van der Waals surface area contributed by atoms with E-state index in [1.54, 1.807) is 10.7 Å². The number of nitriles is 1. The van der Waals surface area contributed by atoms with Crippen molar-refractivity contribution in [2.75, 3.05) is 5.73 Å². The third kappa shape index (κ3) is 1.14. The van der Waals surface area contributed by atoms with Crippen LogP contribution in [0.2, 0.25) is 0 Å². The van der Waals surface area contributed by atoms with Crippen LogP contribution in [0.25, 0.3) is 0 Å². The first-order valence-corrected chi connectivity index (χ1v) is 3.94. The average molecular weight is 162 g/mol. The van der Waals surface area contributed by atoms with Crippen LogP contribution in [0.1, 0.15) is 12.8 Å². The molecule has 4 nitrogen and oxygen atoms in total. The van der Waals surface area contributed by atoms with Crippen molar-refractivity contribution in [1.82, 2.24) is 9.78 Å². The molecule has 2 N–H and O–H groups in total. The lowest BCUT2D eigenvalue weighted by Crippen LogP contribution is -2.10. The molecule has 12 heavy (non-hydrogen) atoms. The molecule has 1 heterocycles. The van der Waals surface area contributed by atoms with E-state index in [2.05, 4.69) is 11.2 Å². The van der Waals surface area contributed by atoms with Crippen LogP contribution in [0.4, 0.5) is 5.82 Å². The van der Waals surface area contributed by atoms with Gasteiger partial charge in [0, 0.05) is 6.20 Å². The summed E-state index contributed by atoms with van der Waals surface area (Å²) in [7, 11) is 0. The minimum Gasteiger partial charge on any atom is -0.382 e. The molecule has 0 aromatic carbocycles. The van der Waals surface area contributed by atoms with Crippen LogP contribution in [-0.2, 0) is 6.54 Å². The van der Waals surface area contributed by atoms with E-state index in [9.17, 15) is 0 Å². The van der Waals surface area contributed by atoms with Gasteiger partial charge in [-0.15, -0.1) is 0 Å². The molecule has 0 radical (unpaired) electrons. The van der Waals surface area contributed by atoms with Gasteiger partial charge in [0.15, 0.2) is 0 Å². The van der Waals surface area contributed by atoms with E-state index in [4.69, 9.17) is 11.0 Å². The van der Waals surface area contributed by atoms with E-state index < -0.39 is 0 Å². The van der Waals surface area contributed by atoms with Gasteiger partial charge in [0.1, 0.15) is 5.82 Å². The van der Waals surface area contributed by atoms with E-state index in [1.165, 1.54) is 0 Å². The first-order valence-electron chi connectivity index (χ1n) is 3.94. The van der Waals surface area contributed by atoms with E-state index in [0.29, 0.717) is 12.4 Å². The topological polar surface area (TPSA) is 67.6 Å². The number of rotatable bonds is 2. The molecule has 0 aliphatic heterocycles. The summed E-state index contributed by atoms with van der Waals surface area (Å²) in [6.07, 6.45) is 3.79. The zero-order valence-electron chi connectivity index (χ0n) is 6.70. The van der Waals surface area contributed by atoms with E-state index >= 15 is 0 Å². The van der Waals surface area contributed by atoms with Gasteiger partial charge in [-0.25, -0.2) is 0 Å². The van der Waals surface area contributed by atoms with Gasteiger partial charge in [-0.1, -0.05) is 0 Å². The van der Waals surface area contributed by atoms with E-state index in [-0.39, 0.29) is 5.41 Å². The molecular weight excluding hydrogens is 152 g/mol. The minimum atomic E-state index is -0.140. The Balaban J connectivity index is 2.10. The van der Waals surface area contributed by atoms with Gasteiger partial charge in [-0.2, -0.15) is 10.4 Å². The lowest BCUT2D eigenvalue weighted by molar-refractivity contribution is 0.487. The van der Waals surface area contributed by atoms with Crippen LogP contribution in [0, 0.1) is 16.7 Å². The predicted molar refractivity (Wildman–Crippen MR) is 43.9 cm³/mol. The van der Waals surface area contributed by atoms with Crippen molar-refractivity contribution >= 4 is 5.82 Å². The summed E-state index contributed by atoms with van der Waals surface area (Å²) < 4.78 is 1.74. The number of aromatic nitrogens is 2. The monoisotopic (exact) mass is 162 g/mol. The summed E-state index contributed by atoms with van der Waals surface area (Å²) >= 11 is 0. The molecule has 1 aromatic rings. The Kier molecular flexibility index (Phi) is 1.34. The first kappa shape index (κ1) is 7.17. The fourth-order valence-corrected chi connectivity index (χ4v) is 1.23. The number of anilines is 1. The van der Waals surface area contributed by atoms with Gasteiger partial charge in [0.05, 0.1) is 18.0 Å². The third-order valence-electron chi connectivity index (χ3n) is 2.22. The molecule has 1 saturated carbocycles. The number of nitrogens with zero attached hydrogens (tertiary/aromatic N) is 3. The molecule has 0 atom stereocenters. The highest BCUT2D eigenvalue weighted by atomic mass is 15.3. The highest BCUT2D eigenvalue weighted by molar-refractivity contribution is 5.24. The van der Waals surface area contributed by atoms with Crippen LogP contribution in [0.15, 0.2) is 12.3 Å². The number of nitrogens with two attached hydrogens (primary N) is 1. The molecular formula is C8H10N4. The summed E-state index contributed by atoms with van der Waals surface area (Å²) in [4.78, 5) is 0. The summed E-state index contributed by atoms with van der Waals surface area (Å²) in [5.74, 6) is 0.517. The zero-order chi connectivity index (χ0) is 8.60. The van der Waals surface area contributed by atoms with Crippen LogP contribution >= 0.6 is 0 Å². The summed E-state index contributed by atoms with van der Waals surface area (Å²) in [6.45, 7) is 0.681. The fraction of sp³-hybridized carbons (Fsp3) is 0.500. The second-order valence-corrected chi connectivity index (χ2v) is 3.33. The minimum absolute atomic E-state index is 0.140. The van der Waals surface area contributed by atoms with Crippen molar-refractivity contribution in [2.24, 2.45) is 5.41 Å². The molecule has 4 heteroatoms. The molecule has 0 saturated heterocycles. The van der Waals surface area contributed by atoms with Crippen molar-refractivity contribution in [1.29, 1.82) is 5.26 Å². The summed E-state index contributed by atoms with van der Waals surface area (Å²) in [5.41, 5.74) is 5.30. The molecule has 1 fully saturated rings. The average Bonchev–Trinajstić information content (AvgIpc) is 2.71. The molecule has 62 valence electrons. The van der Waals surface area contributed by atoms with E-state index in [1.807, 2.05) is 6.20 Å². The Bertz CT molecular complexity index is 329. The van der Waals surface area contributed by atoms with Gasteiger partial charge in [0.25, 0.3) is 0 Å². The molecule has 1 aromatic heterocycles. The van der Waals surface area contributed by atoms with Crippen molar-refractivity contribution in [3.8, 4) is 6.07 Å². The highest BCUT2D eigenvalue weighted by Crippen LogP contribution is 2.46. The van der Waals surface area contributed by atoms with Crippen LogP contribution < -0.4 is 5.73 Å². The predicted octanol–water partition coefficient (Wildman–Crippen LogP) is 0.769. The molecule has 0 unspecified atom stereocenters. The smallest absolute Gasteiger partial charge is 0.145 e. The van der Waals surface area contributed by atoms with Gasteiger partial charge >= 0.3 is 0 Å². The third-order valence-corrected chi connectivity index (χ3v) is 2.22. The second kappa shape index (κ2) is 2.24. The molecule has 0 spiro atoms. The fourth-order valence-electron chi connectivity index (χ4n) is 1.23. The highest BCUT2D eigenvalue weighted by Gasteiger charge is 2.43. The second-order valence-electron chi connectivity index (χ2n) is 3.33. The Hall–Kier alpha value is -1.50. The van der Waals surface area contributed by atoms with Crippen molar-refractivity contribution in [2.45, 2.75) is 19.4 Å². The normalized spacial score (nSPS) is 18.6. The van der Waals surface area contributed by atoms with E-state index in [0.717, 1.165) is 12.8 Å².